The molecule has 0 saturated carbocycles. The van der Waals surface area contributed by atoms with Crippen LogP contribution in [0.4, 0.5) is 0 Å². The van der Waals surface area contributed by atoms with Crippen molar-refractivity contribution >= 4 is 0 Å². The maximum atomic E-state index is 5.93. The lowest BCUT2D eigenvalue weighted by atomic mass is 10.2. The molecular formula is C17H22N2O2. The zero-order valence-corrected chi connectivity index (χ0v) is 12.6. The Labute approximate surface area is 126 Å². The Morgan fingerprint density at radius 2 is 1.81 bits per heavy atom. The van der Waals surface area contributed by atoms with Gasteiger partial charge in [-0.25, -0.2) is 0 Å². The minimum atomic E-state index is 0.734. The first kappa shape index (κ1) is 15.3. The fourth-order valence-corrected chi connectivity index (χ4v) is 1.86. The first-order valence-corrected chi connectivity index (χ1v) is 7.37. The summed E-state index contributed by atoms with van der Waals surface area (Å²) in [4.78, 5) is 4.15. The Morgan fingerprint density at radius 3 is 2.52 bits per heavy atom. The first-order chi connectivity index (χ1) is 10.3. The molecule has 2 rings (SSSR count). The van der Waals surface area contributed by atoms with Crippen LogP contribution < -0.4 is 14.8 Å². The van der Waals surface area contributed by atoms with Gasteiger partial charge in [-0.2, -0.15) is 0 Å². The van der Waals surface area contributed by atoms with E-state index in [0.717, 1.165) is 48.9 Å². The van der Waals surface area contributed by atoms with Crippen LogP contribution in [0, 0.1) is 0 Å². The van der Waals surface area contributed by atoms with E-state index in [1.54, 1.807) is 6.20 Å². The molecule has 0 radical (unpaired) electrons. The smallest absolute Gasteiger partial charge is 0.134 e. The highest BCUT2D eigenvalue weighted by Gasteiger charge is 2.05. The molecule has 0 spiro atoms. The third kappa shape index (κ3) is 4.76. The third-order valence-electron chi connectivity index (χ3n) is 2.95. The van der Waals surface area contributed by atoms with Crippen LogP contribution in [-0.4, -0.2) is 18.1 Å². The molecule has 0 atom stereocenters. The van der Waals surface area contributed by atoms with E-state index in [2.05, 4.69) is 24.1 Å². The molecule has 1 aromatic heterocycles. The topological polar surface area (TPSA) is 43.4 Å². The second-order valence-electron chi connectivity index (χ2n) is 4.69. The Morgan fingerprint density at radius 1 is 1.05 bits per heavy atom. The summed E-state index contributed by atoms with van der Waals surface area (Å²) in [5.41, 5.74) is 1.05. The van der Waals surface area contributed by atoms with E-state index in [9.17, 15) is 0 Å². The Bertz CT molecular complexity index is 541. The van der Waals surface area contributed by atoms with Crippen molar-refractivity contribution in [1.82, 2.24) is 10.3 Å². The van der Waals surface area contributed by atoms with Gasteiger partial charge in [0, 0.05) is 24.5 Å². The largest absolute Gasteiger partial charge is 0.494 e. The van der Waals surface area contributed by atoms with Gasteiger partial charge >= 0.3 is 0 Å². The predicted molar refractivity (Wildman–Crippen MR) is 83.9 cm³/mol. The summed E-state index contributed by atoms with van der Waals surface area (Å²) in [5.74, 6) is 2.49. The van der Waals surface area contributed by atoms with Gasteiger partial charge in [-0.15, -0.1) is 0 Å². The molecule has 4 nitrogen and oxygen atoms in total. The molecule has 0 bridgehead atoms. The summed E-state index contributed by atoms with van der Waals surface area (Å²) in [7, 11) is 0. The van der Waals surface area contributed by atoms with Crippen molar-refractivity contribution in [2.75, 3.05) is 13.2 Å². The monoisotopic (exact) mass is 286 g/mol. The first-order valence-electron chi connectivity index (χ1n) is 7.37. The molecule has 0 saturated heterocycles. The van der Waals surface area contributed by atoms with Crippen LogP contribution in [0.5, 0.6) is 17.2 Å². The van der Waals surface area contributed by atoms with Gasteiger partial charge in [-0.3, -0.25) is 4.98 Å². The highest BCUT2D eigenvalue weighted by Crippen LogP contribution is 2.26. The quantitative estimate of drug-likeness (QED) is 0.802. The minimum absolute atomic E-state index is 0.734. The molecule has 21 heavy (non-hydrogen) atoms. The number of pyridine rings is 1. The number of benzene rings is 1. The molecule has 0 amide bonds. The number of ether oxygens (including phenoxy) is 2. The van der Waals surface area contributed by atoms with Gasteiger partial charge in [0.25, 0.3) is 0 Å². The number of aromatic nitrogens is 1. The van der Waals surface area contributed by atoms with E-state index in [0.29, 0.717) is 0 Å². The fraction of sp³-hybridized carbons (Fsp3) is 0.353. The van der Waals surface area contributed by atoms with E-state index in [1.165, 1.54) is 0 Å². The van der Waals surface area contributed by atoms with E-state index in [-0.39, 0.29) is 0 Å². The van der Waals surface area contributed by atoms with Crippen LogP contribution in [0.3, 0.4) is 0 Å². The fourth-order valence-electron chi connectivity index (χ4n) is 1.86. The molecule has 1 heterocycles. The van der Waals surface area contributed by atoms with Crippen LogP contribution in [0.2, 0.25) is 0 Å². The number of nitrogens with one attached hydrogen (secondary N) is 1. The predicted octanol–water partition coefficient (Wildman–Crippen LogP) is 3.77. The Hall–Kier alpha value is -2.07. The minimum Gasteiger partial charge on any atom is -0.494 e. The molecule has 0 aliphatic heterocycles. The molecule has 112 valence electrons. The third-order valence-corrected chi connectivity index (χ3v) is 2.95. The molecule has 4 heteroatoms. The van der Waals surface area contributed by atoms with E-state index < -0.39 is 0 Å². The van der Waals surface area contributed by atoms with Crippen LogP contribution >= 0.6 is 0 Å². The van der Waals surface area contributed by atoms with Crippen molar-refractivity contribution in [3.63, 3.8) is 0 Å². The average molecular weight is 286 g/mol. The highest BCUT2D eigenvalue weighted by molar-refractivity contribution is 5.38. The van der Waals surface area contributed by atoms with E-state index >= 15 is 0 Å². The lowest BCUT2D eigenvalue weighted by molar-refractivity contribution is 0.317. The lowest BCUT2D eigenvalue weighted by Gasteiger charge is -2.11. The van der Waals surface area contributed by atoms with E-state index in [4.69, 9.17) is 9.47 Å². The standard InChI is InChI=1S/C17H22N2O2/c1-3-11-20-15-5-7-16(8-6-15)21-17-9-10-19-13-14(17)12-18-4-2/h5-10,13,18H,3-4,11-12H2,1-2H3. The second-order valence-corrected chi connectivity index (χ2v) is 4.69. The van der Waals surface area contributed by atoms with Crippen molar-refractivity contribution in [3.8, 4) is 17.2 Å². The molecule has 1 aromatic carbocycles. The normalized spacial score (nSPS) is 10.4. The van der Waals surface area contributed by atoms with Crippen molar-refractivity contribution in [2.45, 2.75) is 26.8 Å². The number of hydrogen-bond acceptors (Lipinski definition) is 4. The van der Waals surface area contributed by atoms with E-state index in [1.807, 2.05) is 36.5 Å². The van der Waals surface area contributed by atoms with Gasteiger partial charge in [-0.1, -0.05) is 13.8 Å². The average Bonchev–Trinajstić information content (AvgIpc) is 2.53. The maximum absolute atomic E-state index is 5.93. The van der Waals surface area contributed by atoms with Crippen molar-refractivity contribution in [2.24, 2.45) is 0 Å². The van der Waals surface area contributed by atoms with Crippen LogP contribution in [0.25, 0.3) is 0 Å². The number of hydrogen-bond donors (Lipinski definition) is 1. The van der Waals surface area contributed by atoms with Gasteiger partial charge in [0.1, 0.15) is 17.2 Å². The zero-order chi connectivity index (χ0) is 14.9. The van der Waals surface area contributed by atoms with Gasteiger partial charge in [0.2, 0.25) is 0 Å². The Balaban J connectivity index is 2.04. The van der Waals surface area contributed by atoms with Crippen LogP contribution in [0.1, 0.15) is 25.8 Å². The van der Waals surface area contributed by atoms with Crippen LogP contribution in [0.15, 0.2) is 42.7 Å². The summed E-state index contributed by atoms with van der Waals surface area (Å²) in [5, 5.41) is 3.28. The van der Waals surface area contributed by atoms with Crippen molar-refractivity contribution in [1.29, 1.82) is 0 Å². The number of nitrogens with zero attached hydrogens (tertiary/aromatic N) is 1. The molecule has 0 aliphatic carbocycles. The number of rotatable bonds is 8. The SMILES string of the molecule is CCCOc1ccc(Oc2ccncc2CNCC)cc1. The zero-order valence-electron chi connectivity index (χ0n) is 12.6. The van der Waals surface area contributed by atoms with Crippen molar-refractivity contribution in [3.05, 3.63) is 48.3 Å². The highest BCUT2D eigenvalue weighted by atomic mass is 16.5. The van der Waals surface area contributed by atoms with Gasteiger partial charge in [0.05, 0.1) is 6.61 Å². The lowest BCUT2D eigenvalue weighted by Crippen LogP contribution is -2.12. The molecule has 0 fully saturated rings. The maximum Gasteiger partial charge on any atom is 0.134 e. The molecule has 1 N–H and O–H groups in total. The molecular weight excluding hydrogens is 264 g/mol. The molecule has 0 aliphatic rings. The summed E-state index contributed by atoms with van der Waals surface area (Å²) < 4.78 is 11.5. The summed E-state index contributed by atoms with van der Waals surface area (Å²) in [6, 6.07) is 9.57. The van der Waals surface area contributed by atoms with Gasteiger partial charge < -0.3 is 14.8 Å². The van der Waals surface area contributed by atoms with Crippen molar-refractivity contribution < 1.29 is 9.47 Å². The summed E-state index contributed by atoms with van der Waals surface area (Å²) in [6.07, 6.45) is 4.57. The molecule has 2 aromatic rings. The second kappa shape index (κ2) is 8.27. The summed E-state index contributed by atoms with van der Waals surface area (Å²) in [6.45, 7) is 6.56. The Kier molecular flexibility index (Phi) is 6.03. The molecule has 0 unspecified atom stereocenters. The summed E-state index contributed by atoms with van der Waals surface area (Å²) >= 11 is 0. The van der Waals surface area contributed by atoms with Gasteiger partial charge in [-0.05, 0) is 43.3 Å². The van der Waals surface area contributed by atoms with Gasteiger partial charge in [0.15, 0.2) is 0 Å². The van der Waals surface area contributed by atoms with Crippen LogP contribution in [-0.2, 0) is 6.54 Å².